The Morgan fingerprint density at radius 2 is 1.25 bits per heavy atom. The van der Waals surface area contributed by atoms with Crippen molar-refractivity contribution in [1.82, 2.24) is 0 Å². The predicted molar refractivity (Wildman–Crippen MR) is 213 cm³/mol. The first-order valence-electron chi connectivity index (χ1n) is 19.0. The maximum absolute atomic E-state index is 14.0. The quantitative estimate of drug-likeness (QED) is 0.0600. The number of aliphatic hydroxyl groups excluding tert-OH is 2. The highest BCUT2D eigenvalue weighted by Crippen LogP contribution is 2.50. The number of allylic oxidation sites excluding steroid dienone is 1. The second-order valence-corrected chi connectivity index (χ2v) is 15.4. The van der Waals surface area contributed by atoms with Gasteiger partial charge in [0.05, 0.1) is 22.8 Å². The van der Waals surface area contributed by atoms with E-state index < -0.39 is 128 Å². The van der Waals surface area contributed by atoms with Crippen LogP contribution in [0.3, 0.4) is 0 Å². The van der Waals surface area contributed by atoms with Crippen molar-refractivity contribution in [3.8, 4) is 69.0 Å². The number of phenols is 10. The predicted octanol–water partition coefficient (Wildman–Crippen LogP) is 4.67. The van der Waals surface area contributed by atoms with E-state index in [2.05, 4.69) is 0 Å². The first-order valence-corrected chi connectivity index (χ1v) is 19.0. The van der Waals surface area contributed by atoms with Crippen molar-refractivity contribution in [2.24, 2.45) is 5.92 Å². The Balaban J connectivity index is 1.31. The molecule has 2 aliphatic heterocycles. The number of Topliss-reactive ketones (excluding diaryl/α,β-unsaturated/α-hetero) is 1. The van der Waals surface area contributed by atoms with E-state index in [0.29, 0.717) is 0 Å². The molecule has 8 rings (SSSR count). The molecule has 0 saturated carbocycles. The smallest absolute Gasteiger partial charge is 0.338 e. The van der Waals surface area contributed by atoms with E-state index in [4.69, 9.17) is 14.2 Å². The Hall–Kier alpha value is -8.19. The summed E-state index contributed by atoms with van der Waals surface area (Å²) in [6, 6.07) is 8.68. The van der Waals surface area contributed by atoms with Crippen LogP contribution in [0, 0.1) is 5.92 Å². The van der Waals surface area contributed by atoms with E-state index in [1.807, 2.05) is 0 Å². The van der Waals surface area contributed by atoms with Crippen LogP contribution < -0.4 is 10.2 Å². The fraction of sp³-hybridized carbons (Fsp3) is 0.205. The van der Waals surface area contributed by atoms with Crippen LogP contribution in [0.4, 0.5) is 0 Å². The third kappa shape index (κ3) is 7.39. The number of rotatable bonds is 7. The van der Waals surface area contributed by atoms with Crippen molar-refractivity contribution >= 4 is 22.5 Å². The summed E-state index contributed by atoms with van der Waals surface area (Å²) in [4.78, 5) is 41.4. The number of aromatic hydroxyl groups is 11. The van der Waals surface area contributed by atoms with Crippen molar-refractivity contribution in [2.75, 3.05) is 0 Å². The maximum atomic E-state index is 14.0. The normalized spacial score (nSPS) is 20.5. The molecule has 5 atom stereocenters. The summed E-state index contributed by atoms with van der Waals surface area (Å²) < 4.78 is 18.3. The number of carbonyl (C=O) groups is 2. The van der Waals surface area contributed by atoms with Crippen molar-refractivity contribution in [3.05, 3.63) is 116 Å². The zero-order valence-corrected chi connectivity index (χ0v) is 32.3. The molecule has 0 aromatic heterocycles. The van der Waals surface area contributed by atoms with Crippen LogP contribution in [0.1, 0.15) is 68.9 Å². The summed E-state index contributed by atoms with van der Waals surface area (Å²) in [5.74, 6) is -12.4. The minimum atomic E-state index is -1.56. The molecule has 0 fully saturated rings. The molecule has 19 heteroatoms. The standard InChI is InChI=1S/C44H36O19/c45-19-9-26(48)23-2-16(5-25(47)15-3-28(50)38(56)29(51)4-15)42(61-34(23)11-19)22-13-33(55)41(59)37-21(22)1-17(6-32(54)40(37)58)43-36(14-24-27(49)10-20(46)12-35(24)62-43)63-44(60)18-7-30(52)39(57)31(53)8-18/h1,3-4,6-8,10-13,16,26,36,42-43,45-46,48-53,55-57,59H,2,5,9,14H2,(H,54,58)/t16?,26?,36-,42?,43?/m1/s1. The molecule has 5 aromatic rings. The molecule has 63 heavy (non-hydrogen) atoms. The van der Waals surface area contributed by atoms with Gasteiger partial charge in [0.15, 0.2) is 63.6 Å². The molecule has 2 heterocycles. The summed E-state index contributed by atoms with van der Waals surface area (Å²) >= 11 is 0. The van der Waals surface area contributed by atoms with Crippen LogP contribution >= 0.6 is 0 Å². The van der Waals surface area contributed by atoms with Gasteiger partial charge in [0.25, 0.3) is 0 Å². The third-order valence-electron chi connectivity index (χ3n) is 11.2. The van der Waals surface area contributed by atoms with E-state index in [1.165, 1.54) is 12.1 Å². The minimum absolute atomic E-state index is 0.0311. The highest BCUT2D eigenvalue weighted by Gasteiger charge is 2.41. The monoisotopic (exact) mass is 868 g/mol. The molecule has 3 aliphatic rings. The topological polar surface area (TPSA) is 342 Å². The Labute approximate surface area is 353 Å². The molecular weight excluding hydrogens is 832 g/mol. The average Bonchev–Trinajstić information content (AvgIpc) is 3.35. The van der Waals surface area contributed by atoms with Crippen LogP contribution in [-0.4, -0.2) is 90.3 Å². The highest BCUT2D eigenvalue weighted by atomic mass is 16.6. The zero-order valence-electron chi connectivity index (χ0n) is 32.3. The van der Waals surface area contributed by atoms with Crippen molar-refractivity contribution in [2.45, 2.75) is 50.1 Å². The molecule has 1 aliphatic carbocycles. The zero-order chi connectivity index (χ0) is 45.3. The molecule has 13 N–H and O–H groups in total. The molecule has 0 saturated heterocycles. The number of ether oxygens (including phenoxy) is 3. The molecule has 0 radical (unpaired) electrons. The number of hydrogen-bond acceptors (Lipinski definition) is 19. The number of ketones is 1. The number of fused-ring (bicyclic) bond motifs is 2. The number of hydrogen-bond donors (Lipinski definition) is 13. The lowest BCUT2D eigenvalue weighted by atomic mass is 9.78. The first-order chi connectivity index (χ1) is 29.8. The summed E-state index contributed by atoms with van der Waals surface area (Å²) in [6.45, 7) is 0. The lowest BCUT2D eigenvalue weighted by Gasteiger charge is -2.38. The Morgan fingerprint density at radius 1 is 0.635 bits per heavy atom. The molecule has 4 unspecified atom stereocenters. The minimum Gasteiger partial charge on any atom is -0.512 e. The van der Waals surface area contributed by atoms with E-state index >= 15 is 0 Å². The van der Waals surface area contributed by atoms with Gasteiger partial charge < -0.3 is 80.6 Å². The van der Waals surface area contributed by atoms with Crippen LogP contribution in [0.2, 0.25) is 0 Å². The lowest BCUT2D eigenvalue weighted by molar-refractivity contribution is -0.0188. The maximum Gasteiger partial charge on any atom is 0.338 e. The first kappa shape index (κ1) is 41.5. The van der Waals surface area contributed by atoms with Gasteiger partial charge in [0, 0.05) is 71.2 Å². The van der Waals surface area contributed by atoms with E-state index in [0.717, 1.165) is 48.5 Å². The molecular formula is C44H36O19. The van der Waals surface area contributed by atoms with Gasteiger partial charge in [-0.05, 0) is 54.3 Å². The number of aliphatic hydroxyl groups is 2. The van der Waals surface area contributed by atoms with E-state index in [9.17, 15) is 80.8 Å². The van der Waals surface area contributed by atoms with Crippen LogP contribution in [-0.2, 0) is 15.9 Å². The number of benzene rings is 4. The van der Waals surface area contributed by atoms with Gasteiger partial charge >= 0.3 is 5.97 Å². The van der Waals surface area contributed by atoms with Gasteiger partial charge in [-0.3, -0.25) is 9.59 Å². The molecule has 19 nitrogen and oxygen atoms in total. The number of esters is 1. The van der Waals surface area contributed by atoms with Crippen molar-refractivity contribution < 1.29 is 90.2 Å². The fourth-order valence-corrected chi connectivity index (χ4v) is 8.17. The van der Waals surface area contributed by atoms with Gasteiger partial charge in [0.1, 0.15) is 35.2 Å². The third-order valence-corrected chi connectivity index (χ3v) is 11.2. The van der Waals surface area contributed by atoms with E-state index in [1.54, 1.807) is 0 Å². The second-order valence-electron chi connectivity index (χ2n) is 15.4. The second kappa shape index (κ2) is 15.4. The van der Waals surface area contributed by atoms with Crippen LogP contribution in [0.5, 0.6) is 69.0 Å². The number of phenolic OH excluding ortho intramolecular Hbond substituents is 10. The number of carbonyl (C=O) groups excluding carboxylic acids is 2. The molecule has 0 bridgehead atoms. The molecule has 5 aromatic carbocycles. The van der Waals surface area contributed by atoms with Gasteiger partial charge in [0.2, 0.25) is 5.43 Å². The van der Waals surface area contributed by atoms with Gasteiger partial charge in [-0.15, -0.1) is 0 Å². The molecule has 326 valence electrons. The van der Waals surface area contributed by atoms with Crippen LogP contribution in [0.25, 0.3) is 10.8 Å². The Morgan fingerprint density at radius 3 is 1.90 bits per heavy atom. The summed E-state index contributed by atoms with van der Waals surface area (Å²) in [6.07, 6.45) is -5.67. The summed E-state index contributed by atoms with van der Waals surface area (Å²) in [5, 5.41) is 135. The van der Waals surface area contributed by atoms with Gasteiger partial charge in [-0.1, -0.05) is 0 Å². The largest absolute Gasteiger partial charge is 0.512 e. The summed E-state index contributed by atoms with van der Waals surface area (Å²) in [7, 11) is 0. The van der Waals surface area contributed by atoms with Gasteiger partial charge in [-0.2, -0.15) is 0 Å². The fourth-order valence-electron chi connectivity index (χ4n) is 8.17. The summed E-state index contributed by atoms with van der Waals surface area (Å²) in [5.41, 5.74) is -1.92. The Bertz CT molecular complexity index is 2870. The Kier molecular flexibility index (Phi) is 10.1. The van der Waals surface area contributed by atoms with E-state index in [-0.39, 0.29) is 69.7 Å². The highest BCUT2D eigenvalue weighted by molar-refractivity contribution is 5.98. The van der Waals surface area contributed by atoms with Crippen molar-refractivity contribution in [1.29, 1.82) is 0 Å². The van der Waals surface area contributed by atoms with Gasteiger partial charge in [-0.25, -0.2) is 4.79 Å². The van der Waals surface area contributed by atoms with Crippen LogP contribution in [0.15, 0.2) is 82.6 Å². The average molecular weight is 869 g/mol. The molecule has 0 amide bonds. The van der Waals surface area contributed by atoms with Crippen molar-refractivity contribution in [3.63, 3.8) is 0 Å². The SMILES string of the molecule is O=C(CC1CC2=C(C=C(O)CC2O)OC1c1cc(O)c(O)c2c(=O)c(O)cc(C3Oc4cc(O)cc(O)c4C[C@H]3OC(=O)c3cc(O)c(O)c(O)c3)cc12)c1cc(O)c(O)c(O)c1. The molecule has 0 spiro atoms. The lowest BCUT2D eigenvalue weighted by Crippen LogP contribution is -2.34.